The van der Waals surface area contributed by atoms with E-state index in [0.717, 1.165) is 39.3 Å². The van der Waals surface area contributed by atoms with Crippen LogP contribution in [0.2, 0.25) is 0 Å². The lowest BCUT2D eigenvalue weighted by Gasteiger charge is -2.46. The van der Waals surface area contributed by atoms with E-state index in [0.29, 0.717) is 6.04 Å². The maximum Gasteiger partial charge on any atom is 0.0593 e. The standard InChI is InChI=1S/C14H30N2O/c1-5-7-13-11-16(8-10-17-9-6-2)14(3,4)12-15-13/h13,15H,5-12H2,1-4H3. The minimum atomic E-state index is 0.264. The van der Waals surface area contributed by atoms with Crippen molar-refractivity contribution in [3.63, 3.8) is 0 Å². The number of nitrogens with one attached hydrogen (secondary N) is 1. The van der Waals surface area contributed by atoms with E-state index >= 15 is 0 Å². The van der Waals surface area contributed by atoms with Crippen LogP contribution in [-0.4, -0.2) is 49.3 Å². The molecule has 1 saturated heterocycles. The topological polar surface area (TPSA) is 24.5 Å². The normalized spacial score (nSPS) is 25.1. The molecule has 3 heteroatoms. The van der Waals surface area contributed by atoms with E-state index in [2.05, 4.69) is 37.9 Å². The molecule has 0 amide bonds. The Bertz CT molecular complexity index is 206. The van der Waals surface area contributed by atoms with Crippen LogP contribution in [0.25, 0.3) is 0 Å². The van der Waals surface area contributed by atoms with Gasteiger partial charge in [0.05, 0.1) is 6.61 Å². The van der Waals surface area contributed by atoms with Gasteiger partial charge in [0.1, 0.15) is 0 Å². The number of hydrogen-bond acceptors (Lipinski definition) is 3. The molecule has 3 nitrogen and oxygen atoms in total. The monoisotopic (exact) mass is 242 g/mol. The molecule has 1 rings (SSSR count). The molecule has 102 valence electrons. The van der Waals surface area contributed by atoms with Gasteiger partial charge in [-0.05, 0) is 26.7 Å². The predicted octanol–water partition coefficient (Wildman–Crippen LogP) is 2.27. The van der Waals surface area contributed by atoms with Crippen LogP contribution < -0.4 is 5.32 Å². The van der Waals surface area contributed by atoms with E-state index in [-0.39, 0.29) is 5.54 Å². The molecule has 0 aromatic heterocycles. The van der Waals surface area contributed by atoms with Crippen molar-refractivity contribution in [2.75, 3.05) is 32.8 Å². The summed E-state index contributed by atoms with van der Waals surface area (Å²) in [7, 11) is 0. The van der Waals surface area contributed by atoms with Gasteiger partial charge in [-0.2, -0.15) is 0 Å². The smallest absolute Gasteiger partial charge is 0.0593 e. The highest BCUT2D eigenvalue weighted by atomic mass is 16.5. The zero-order valence-electron chi connectivity index (χ0n) is 12.1. The highest BCUT2D eigenvalue weighted by Gasteiger charge is 2.32. The molecule has 0 saturated carbocycles. The zero-order chi connectivity index (χ0) is 12.7. The minimum Gasteiger partial charge on any atom is -0.380 e. The van der Waals surface area contributed by atoms with Crippen LogP contribution >= 0.6 is 0 Å². The first-order valence-electron chi connectivity index (χ1n) is 7.16. The van der Waals surface area contributed by atoms with E-state index in [9.17, 15) is 0 Å². The molecule has 1 aliphatic heterocycles. The molecule has 0 radical (unpaired) electrons. The molecule has 1 aliphatic rings. The first-order chi connectivity index (χ1) is 8.10. The fourth-order valence-electron chi connectivity index (χ4n) is 2.44. The van der Waals surface area contributed by atoms with Gasteiger partial charge in [-0.3, -0.25) is 4.90 Å². The SMILES string of the molecule is CCCOCCN1CC(CCC)NCC1(C)C. The molecule has 1 fully saturated rings. The van der Waals surface area contributed by atoms with Crippen molar-refractivity contribution < 1.29 is 4.74 Å². The maximum absolute atomic E-state index is 5.61. The van der Waals surface area contributed by atoms with E-state index < -0.39 is 0 Å². The van der Waals surface area contributed by atoms with Gasteiger partial charge in [0.15, 0.2) is 0 Å². The summed E-state index contributed by atoms with van der Waals surface area (Å²) < 4.78 is 5.61. The second-order valence-corrected chi connectivity index (χ2v) is 5.74. The molecule has 1 atom stereocenters. The first kappa shape index (κ1) is 14.9. The summed E-state index contributed by atoms with van der Waals surface area (Å²) in [6.07, 6.45) is 3.66. The molecular weight excluding hydrogens is 212 g/mol. The van der Waals surface area contributed by atoms with Gasteiger partial charge >= 0.3 is 0 Å². The van der Waals surface area contributed by atoms with E-state index in [1.807, 2.05) is 0 Å². The summed E-state index contributed by atoms with van der Waals surface area (Å²) in [5, 5.41) is 3.66. The molecule has 0 bridgehead atoms. The third-order valence-electron chi connectivity index (χ3n) is 3.61. The fraction of sp³-hybridized carbons (Fsp3) is 1.00. The van der Waals surface area contributed by atoms with Crippen LogP contribution in [-0.2, 0) is 4.74 Å². The first-order valence-corrected chi connectivity index (χ1v) is 7.16. The van der Waals surface area contributed by atoms with Crippen molar-refractivity contribution in [1.82, 2.24) is 10.2 Å². The molecule has 1 N–H and O–H groups in total. The highest BCUT2D eigenvalue weighted by Crippen LogP contribution is 2.19. The van der Waals surface area contributed by atoms with Crippen molar-refractivity contribution >= 4 is 0 Å². The van der Waals surface area contributed by atoms with Crippen molar-refractivity contribution in [3.05, 3.63) is 0 Å². The summed E-state index contributed by atoms with van der Waals surface area (Å²) in [5.74, 6) is 0. The van der Waals surface area contributed by atoms with Crippen LogP contribution in [0.3, 0.4) is 0 Å². The molecule has 0 aromatic rings. The van der Waals surface area contributed by atoms with Crippen molar-refractivity contribution in [2.24, 2.45) is 0 Å². The molecule has 1 unspecified atom stereocenters. The Labute approximate surface area is 107 Å². The summed E-state index contributed by atoms with van der Waals surface area (Å²) in [4.78, 5) is 2.58. The average Bonchev–Trinajstić information content (AvgIpc) is 2.29. The lowest BCUT2D eigenvalue weighted by molar-refractivity contribution is 0.0274. The summed E-state index contributed by atoms with van der Waals surface area (Å²) in [6.45, 7) is 14.1. The van der Waals surface area contributed by atoms with Gasteiger partial charge in [-0.25, -0.2) is 0 Å². The van der Waals surface area contributed by atoms with Gasteiger partial charge in [-0.1, -0.05) is 20.3 Å². The van der Waals surface area contributed by atoms with Crippen LogP contribution in [0, 0.1) is 0 Å². The summed E-state index contributed by atoms with van der Waals surface area (Å²) in [5.41, 5.74) is 0.264. The third-order valence-corrected chi connectivity index (χ3v) is 3.61. The zero-order valence-corrected chi connectivity index (χ0v) is 12.1. The highest BCUT2D eigenvalue weighted by molar-refractivity contribution is 4.92. The predicted molar refractivity (Wildman–Crippen MR) is 73.5 cm³/mol. The Morgan fingerprint density at radius 1 is 1.24 bits per heavy atom. The average molecular weight is 242 g/mol. The Morgan fingerprint density at radius 3 is 2.65 bits per heavy atom. The van der Waals surface area contributed by atoms with E-state index in [4.69, 9.17) is 4.74 Å². The van der Waals surface area contributed by atoms with Gasteiger partial charge in [0, 0.05) is 37.8 Å². The van der Waals surface area contributed by atoms with E-state index in [1.54, 1.807) is 0 Å². The van der Waals surface area contributed by atoms with E-state index in [1.165, 1.54) is 12.8 Å². The molecule has 0 spiro atoms. The fourth-order valence-corrected chi connectivity index (χ4v) is 2.44. The lowest BCUT2D eigenvalue weighted by Crippen LogP contribution is -2.62. The molecule has 0 aromatic carbocycles. The number of piperazine rings is 1. The Balaban J connectivity index is 2.35. The van der Waals surface area contributed by atoms with Crippen LogP contribution in [0.4, 0.5) is 0 Å². The van der Waals surface area contributed by atoms with Crippen molar-refractivity contribution in [2.45, 2.75) is 58.5 Å². The van der Waals surface area contributed by atoms with Gasteiger partial charge in [0.2, 0.25) is 0 Å². The molecular formula is C14H30N2O. The lowest BCUT2D eigenvalue weighted by atomic mass is 9.96. The van der Waals surface area contributed by atoms with Crippen molar-refractivity contribution in [1.29, 1.82) is 0 Å². The quantitative estimate of drug-likeness (QED) is 0.693. The number of hydrogen-bond donors (Lipinski definition) is 1. The number of rotatable bonds is 7. The summed E-state index contributed by atoms with van der Waals surface area (Å²) in [6, 6.07) is 0.666. The number of ether oxygens (including phenoxy) is 1. The molecule has 17 heavy (non-hydrogen) atoms. The largest absolute Gasteiger partial charge is 0.380 e. The Kier molecular flexibility index (Phi) is 6.45. The molecule has 1 heterocycles. The molecule has 0 aliphatic carbocycles. The second-order valence-electron chi connectivity index (χ2n) is 5.74. The van der Waals surface area contributed by atoms with Gasteiger partial charge in [-0.15, -0.1) is 0 Å². The van der Waals surface area contributed by atoms with Gasteiger partial charge in [0.25, 0.3) is 0 Å². The third kappa shape index (κ3) is 4.94. The van der Waals surface area contributed by atoms with Crippen LogP contribution in [0.5, 0.6) is 0 Å². The number of nitrogens with zero attached hydrogens (tertiary/aromatic N) is 1. The Hall–Kier alpha value is -0.120. The van der Waals surface area contributed by atoms with Crippen molar-refractivity contribution in [3.8, 4) is 0 Å². The summed E-state index contributed by atoms with van der Waals surface area (Å²) >= 11 is 0. The van der Waals surface area contributed by atoms with Gasteiger partial charge < -0.3 is 10.1 Å². The minimum absolute atomic E-state index is 0.264. The van der Waals surface area contributed by atoms with Crippen LogP contribution in [0.1, 0.15) is 47.0 Å². The Morgan fingerprint density at radius 2 is 2.00 bits per heavy atom. The maximum atomic E-state index is 5.61. The second kappa shape index (κ2) is 7.34. The van der Waals surface area contributed by atoms with Crippen LogP contribution in [0.15, 0.2) is 0 Å².